The van der Waals surface area contributed by atoms with Crippen LogP contribution in [0, 0.1) is 5.82 Å². The van der Waals surface area contributed by atoms with Crippen LogP contribution in [-0.4, -0.2) is 5.91 Å². The highest BCUT2D eigenvalue weighted by Crippen LogP contribution is 2.18. The monoisotopic (exact) mass is 296 g/mol. The summed E-state index contributed by atoms with van der Waals surface area (Å²) in [6, 6.07) is 12.9. The van der Waals surface area contributed by atoms with E-state index in [4.69, 9.17) is 11.6 Å². The van der Waals surface area contributed by atoms with Crippen molar-refractivity contribution >= 4 is 29.5 Å². The molecule has 0 aliphatic rings. The zero-order valence-corrected chi connectivity index (χ0v) is 11.3. The molecule has 0 radical (unpaired) electrons. The Morgan fingerprint density at radius 1 is 1.16 bits per heavy atom. The predicted octanol–water partition coefficient (Wildman–Crippen LogP) is 3.42. The van der Waals surface area contributed by atoms with E-state index >= 15 is 0 Å². The number of amides is 1. The lowest BCUT2D eigenvalue weighted by atomic mass is 10.2. The van der Waals surface area contributed by atoms with Crippen molar-refractivity contribution in [3.8, 4) is 0 Å². The highest BCUT2D eigenvalue weighted by molar-refractivity contribution is 7.97. The fraction of sp³-hybridized carbons (Fsp3) is 0. The van der Waals surface area contributed by atoms with Gasteiger partial charge < -0.3 is 0 Å². The standard InChI is InChI=1S/C13H10ClFN2OS/c14-9-4-3-5-10(8-9)19-17-16-13(18)11-6-1-2-7-12(11)15/h1-8,17H,(H,16,18). The normalized spacial score (nSPS) is 10.2. The lowest BCUT2D eigenvalue weighted by molar-refractivity contribution is 0.0943. The van der Waals surface area contributed by atoms with Crippen LogP contribution < -0.4 is 10.3 Å². The maximum absolute atomic E-state index is 13.3. The minimum absolute atomic E-state index is 0.0123. The van der Waals surface area contributed by atoms with Gasteiger partial charge in [-0.2, -0.15) is 4.83 Å². The van der Waals surface area contributed by atoms with Crippen molar-refractivity contribution in [1.29, 1.82) is 0 Å². The summed E-state index contributed by atoms with van der Waals surface area (Å²) >= 11 is 7.00. The van der Waals surface area contributed by atoms with Gasteiger partial charge in [-0.15, -0.1) is 0 Å². The first-order chi connectivity index (χ1) is 9.16. The van der Waals surface area contributed by atoms with Crippen molar-refractivity contribution in [2.24, 2.45) is 0 Å². The summed E-state index contributed by atoms with van der Waals surface area (Å²) in [5, 5.41) is 0.604. The molecular formula is C13H10ClFN2OS. The fourth-order valence-electron chi connectivity index (χ4n) is 1.37. The van der Waals surface area contributed by atoms with Gasteiger partial charge in [0.2, 0.25) is 0 Å². The lowest BCUT2D eigenvalue weighted by Gasteiger charge is -2.07. The Morgan fingerprint density at radius 3 is 2.68 bits per heavy atom. The Hall–Kier alpha value is -1.56. The third-order valence-electron chi connectivity index (χ3n) is 2.25. The largest absolute Gasteiger partial charge is 0.277 e. The summed E-state index contributed by atoms with van der Waals surface area (Å²) in [5.41, 5.74) is 2.39. The van der Waals surface area contributed by atoms with Crippen LogP contribution in [0.1, 0.15) is 10.4 Å². The van der Waals surface area contributed by atoms with Gasteiger partial charge >= 0.3 is 0 Å². The summed E-state index contributed by atoms with van der Waals surface area (Å²) in [7, 11) is 0. The highest BCUT2D eigenvalue weighted by Gasteiger charge is 2.09. The van der Waals surface area contributed by atoms with Crippen LogP contribution in [0.4, 0.5) is 4.39 Å². The first-order valence-electron chi connectivity index (χ1n) is 5.39. The maximum Gasteiger partial charge on any atom is 0.269 e. The molecule has 0 spiro atoms. The molecule has 0 saturated carbocycles. The molecule has 0 aromatic heterocycles. The molecule has 2 aromatic rings. The third-order valence-corrected chi connectivity index (χ3v) is 3.18. The van der Waals surface area contributed by atoms with E-state index in [-0.39, 0.29) is 5.56 Å². The van der Waals surface area contributed by atoms with E-state index in [0.29, 0.717) is 5.02 Å². The van der Waals surface area contributed by atoms with E-state index in [1.54, 1.807) is 24.3 Å². The second-order valence-corrected chi connectivity index (χ2v) is 4.91. The molecule has 0 fully saturated rings. The molecule has 0 unspecified atom stereocenters. The third kappa shape index (κ3) is 3.96. The minimum atomic E-state index is -0.561. The predicted molar refractivity (Wildman–Crippen MR) is 74.3 cm³/mol. The van der Waals surface area contributed by atoms with Gasteiger partial charge in [-0.1, -0.05) is 29.8 Å². The molecule has 2 rings (SSSR count). The van der Waals surface area contributed by atoms with Crippen molar-refractivity contribution in [2.45, 2.75) is 4.90 Å². The molecule has 0 atom stereocenters. The first-order valence-corrected chi connectivity index (χ1v) is 6.58. The number of hydrazine groups is 1. The number of hydrogen-bond acceptors (Lipinski definition) is 3. The molecule has 2 aromatic carbocycles. The Kier molecular flexibility index (Phi) is 4.79. The summed E-state index contributed by atoms with van der Waals surface area (Å²) in [6.45, 7) is 0. The second-order valence-electron chi connectivity index (χ2n) is 3.60. The topological polar surface area (TPSA) is 41.1 Å². The molecule has 98 valence electrons. The molecule has 0 aliphatic heterocycles. The molecule has 0 heterocycles. The Balaban J connectivity index is 1.90. The summed E-state index contributed by atoms with van der Waals surface area (Å²) in [6.07, 6.45) is 0. The highest BCUT2D eigenvalue weighted by atomic mass is 35.5. The molecule has 6 heteroatoms. The van der Waals surface area contributed by atoms with Gasteiger partial charge in [-0.25, -0.2) is 4.39 Å². The van der Waals surface area contributed by atoms with Crippen LogP contribution >= 0.6 is 23.5 Å². The Labute approximate surface area is 119 Å². The smallest absolute Gasteiger partial charge is 0.269 e. The van der Waals surface area contributed by atoms with Crippen molar-refractivity contribution in [3.05, 3.63) is 64.9 Å². The number of carbonyl (C=O) groups excluding carboxylic acids is 1. The number of benzene rings is 2. The zero-order valence-electron chi connectivity index (χ0n) is 9.69. The number of nitrogens with one attached hydrogen (secondary N) is 2. The van der Waals surface area contributed by atoms with Crippen molar-refractivity contribution in [2.75, 3.05) is 0 Å². The van der Waals surface area contributed by atoms with Crippen molar-refractivity contribution in [3.63, 3.8) is 0 Å². The fourth-order valence-corrected chi connectivity index (χ4v) is 2.22. The van der Waals surface area contributed by atoms with Crippen molar-refractivity contribution < 1.29 is 9.18 Å². The van der Waals surface area contributed by atoms with Crippen LogP contribution in [0.25, 0.3) is 0 Å². The van der Waals surface area contributed by atoms with Crippen LogP contribution in [0.3, 0.4) is 0 Å². The summed E-state index contributed by atoms with van der Waals surface area (Å²) < 4.78 is 13.3. The quantitative estimate of drug-likeness (QED) is 0.671. The van der Waals surface area contributed by atoms with E-state index in [1.165, 1.54) is 30.1 Å². The molecule has 0 aliphatic carbocycles. The molecule has 2 N–H and O–H groups in total. The van der Waals surface area contributed by atoms with Crippen LogP contribution in [0.15, 0.2) is 53.4 Å². The molecule has 0 bridgehead atoms. The van der Waals surface area contributed by atoms with Gasteiger partial charge in [0.05, 0.1) is 5.56 Å². The van der Waals surface area contributed by atoms with Crippen molar-refractivity contribution in [1.82, 2.24) is 10.3 Å². The second kappa shape index (κ2) is 6.56. The molecule has 3 nitrogen and oxygen atoms in total. The average Bonchev–Trinajstić information content (AvgIpc) is 2.39. The van der Waals surface area contributed by atoms with E-state index < -0.39 is 11.7 Å². The number of hydrogen-bond donors (Lipinski definition) is 2. The Bertz CT molecular complexity index is 594. The van der Waals surface area contributed by atoms with Crippen LogP contribution in [0.2, 0.25) is 5.02 Å². The van der Waals surface area contributed by atoms with Gasteiger partial charge in [-0.3, -0.25) is 10.2 Å². The SMILES string of the molecule is O=C(NNSc1cccc(Cl)c1)c1ccccc1F. The van der Waals surface area contributed by atoms with Crippen LogP contribution in [-0.2, 0) is 0 Å². The van der Waals surface area contributed by atoms with E-state index in [0.717, 1.165) is 4.90 Å². The number of rotatable bonds is 4. The number of carbonyl (C=O) groups is 1. The first kappa shape index (κ1) is 13.9. The zero-order chi connectivity index (χ0) is 13.7. The van der Waals surface area contributed by atoms with Gasteiger partial charge in [0, 0.05) is 9.92 Å². The summed E-state index contributed by atoms with van der Waals surface area (Å²) in [5.74, 6) is -1.10. The molecule has 1 amide bonds. The van der Waals surface area contributed by atoms with Gasteiger partial charge in [0.15, 0.2) is 0 Å². The molecular weight excluding hydrogens is 287 g/mol. The van der Waals surface area contributed by atoms with Gasteiger partial charge in [0.25, 0.3) is 5.91 Å². The van der Waals surface area contributed by atoms with Crippen LogP contribution in [0.5, 0.6) is 0 Å². The lowest BCUT2D eigenvalue weighted by Crippen LogP contribution is -2.33. The van der Waals surface area contributed by atoms with Gasteiger partial charge in [0.1, 0.15) is 5.82 Å². The number of halogens is 2. The molecule has 19 heavy (non-hydrogen) atoms. The maximum atomic E-state index is 13.3. The average molecular weight is 297 g/mol. The Morgan fingerprint density at radius 2 is 1.95 bits per heavy atom. The molecule has 0 saturated heterocycles. The van der Waals surface area contributed by atoms with E-state index in [2.05, 4.69) is 10.3 Å². The van der Waals surface area contributed by atoms with Gasteiger partial charge in [-0.05, 0) is 42.3 Å². The van der Waals surface area contributed by atoms with E-state index in [1.807, 2.05) is 6.07 Å². The van der Waals surface area contributed by atoms with E-state index in [9.17, 15) is 9.18 Å². The minimum Gasteiger partial charge on any atom is -0.277 e. The summed E-state index contributed by atoms with van der Waals surface area (Å²) in [4.78, 5) is 15.2.